The quantitative estimate of drug-likeness (QED) is 0.708. The maximum absolute atomic E-state index is 12.8. The van der Waals surface area contributed by atoms with Gasteiger partial charge in [-0.1, -0.05) is 0 Å². The van der Waals surface area contributed by atoms with Gasteiger partial charge in [0.05, 0.1) is 6.54 Å². The van der Waals surface area contributed by atoms with E-state index in [0.29, 0.717) is 0 Å². The monoisotopic (exact) mass is 259 g/mol. The van der Waals surface area contributed by atoms with Gasteiger partial charge >= 0.3 is 6.18 Å². The molecule has 3 nitrogen and oxygen atoms in total. The van der Waals surface area contributed by atoms with E-state index in [4.69, 9.17) is 11.6 Å². The van der Waals surface area contributed by atoms with E-state index in [-0.39, 0.29) is 13.0 Å². The molecule has 1 fully saturated rings. The number of nitrogens with zero attached hydrogens (tertiary/aromatic N) is 1. The van der Waals surface area contributed by atoms with Crippen LogP contribution < -0.4 is 0 Å². The first-order valence-electron chi connectivity index (χ1n) is 4.78. The summed E-state index contributed by atoms with van der Waals surface area (Å²) >= 11 is 5.55. The van der Waals surface area contributed by atoms with Gasteiger partial charge in [-0.3, -0.25) is 4.79 Å². The molecule has 2 atom stereocenters. The summed E-state index contributed by atoms with van der Waals surface area (Å²) < 4.78 is 42.8. The lowest BCUT2D eigenvalue weighted by molar-refractivity contribution is -0.263. The van der Waals surface area contributed by atoms with E-state index in [0.717, 1.165) is 12.0 Å². The maximum Gasteiger partial charge on any atom is 0.419 e. The molecule has 7 heteroatoms. The molecule has 0 spiro atoms. The van der Waals surface area contributed by atoms with Crippen molar-refractivity contribution in [3.05, 3.63) is 0 Å². The van der Waals surface area contributed by atoms with Gasteiger partial charge in [-0.25, -0.2) is 0 Å². The van der Waals surface area contributed by atoms with Crippen LogP contribution in [0.25, 0.3) is 0 Å². The van der Waals surface area contributed by atoms with Crippen molar-refractivity contribution in [2.45, 2.75) is 30.5 Å². The summed E-state index contributed by atoms with van der Waals surface area (Å²) in [5.74, 6) is -0.496. The Labute approximate surface area is 96.5 Å². The van der Waals surface area contributed by atoms with Crippen LogP contribution in [-0.4, -0.2) is 48.2 Å². The van der Waals surface area contributed by atoms with Crippen LogP contribution in [0.5, 0.6) is 0 Å². The first kappa shape index (κ1) is 13.6. The molecule has 0 aliphatic carbocycles. The van der Waals surface area contributed by atoms with Crippen molar-refractivity contribution in [2.75, 3.05) is 20.2 Å². The topological polar surface area (TPSA) is 29.5 Å². The van der Waals surface area contributed by atoms with E-state index in [9.17, 15) is 18.0 Å². The zero-order valence-corrected chi connectivity index (χ0v) is 9.73. The van der Waals surface area contributed by atoms with Gasteiger partial charge in [-0.2, -0.15) is 13.2 Å². The molecule has 0 aromatic rings. The normalized spacial score (nSPS) is 28.2. The predicted octanol–water partition coefficient (Wildman–Crippen LogP) is 1.79. The van der Waals surface area contributed by atoms with Crippen LogP contribution in [0.3, 0.4) is 0 Å². The summed E-state index contributed by atoms with van der Waals surface area (Å²) in [5, 5.41) is -0.819. The zero-order chi connectivity index (χ0) is 12.6. The van der Waals surface area contributed by atoms with Crippen LogP contribution in [0.2, 0.25) is 0 Å². The summed E-state index contributed by atoms with van der Waals surface area (Å²) in [6.45, 7) is 0.969. The van der Waals surface area contributed by atoms with Crippen LogP contribution in [-0.2, 0) is 9.53 Å². The number of rotatable bonds is 2. The second kappa shape index (κ2) is 4.41. The van der Waals surface area contributed by atoms with Gasteiger partial charge in [-0.15, -0.1) is 11.6 Å². The largest absolute Gasteiger partial charge is 0.419 e. The third-order valence-electron chi connectivity index (χ3n) is 2.79. The molecule has 0 aromatic heterocycles. The molecule has 0 radical (unpaired) electrons. The Balaban J connectivity index is 2.80. The van der Waals surface area contributed by atoms with Crippen LogP contribution in [0.15, 0.2) is 0 Å². The maximum atomic E-state index is 12.8. The van der Waals surface area contributed by atoms with Crippen molar-refractivity contribution in [2.24, 2.45) is 0 Å². The SMILES string of the molecule is CO[C@]1(C(F)(F)F)CCN(C(=O)[C@H](C)Cl)C1. The fraction of sp³-hybridized carbons (Fsp3) is 0.889. The number of likely N-dealkylation sites (tertiary alicyclic amines) is 1. The number of hydrogen-bond acceptors (Lipinski definition) is 2. The standard InChI is InChI=1S/C9H13ClF3NO2/c1-6(10)7(15)14-4-3-8(5-14,16-2)9(11,12)13/h6H,3-5H2,1-2H3/t6-,8+/m0/s1. The highest BCUT2D eigenvalue weighted by Crippen LogP contribution is 2.40. The van der Waals surface area contributed by atoms with Crippen molar-refractivity contribution in [1.82, 2.24) is 4.90 Å². The highest BCUT2D eigenvalue weighted by molar-refractivity contribution is 6.30. The summed E-state index contributed by atoms with van der Waals surface area (Å²) in [6, 6.07) is 0. The Morgan fingerprint density at radius 3 is 2.44 bits per heavy atom. The highest BCUT2D eigenvalue weighted by Gasteiger charge is 2.59. The van der Waals surface area contributed by atoms with E-state index in [1.54, 1.807) is 0 Å². The average molecular weight is 260 g/mol. The Morgan fingerprint density at radius 1 is 1.56 bits per heavy atom. The number of carbonyl (C=O) groups is 1. The molecule has 0 aromatic carbocycles. The number of halogens is 4. The molecule has 1 saturated heterocycles. The van der Waals surface area contributed by atoms with Gasteiger partial charge in [0, 0.05) is 20.1 Å². The number of ether oxygens (including phenoxy) is 1. The van der Waals surface area contributed by atoms with Gasteiger partial charge in [-0.05, 0) is 6.92 Å². The van der Waals surface area contributed by atoms with Gasteiger partial charge in [0.1, 0.15) is 5.38 Å². The molecule has 0 unspecified atom stereocenters. The molecule has 0 N–H and O–H groups in total. The summed E-state index contributed by atoms with van der Waals surface area (Å²) in [7, 11) is 1.01. The van der Waals surface area contributed by atoms with Crippen LogP contribution in [0, 0.1) is 0 Å². The van der Waals surface area contributed by atoms with E-state index in [1.807, 2.05) is 0 Å². The minimum atomic E-state index is -4.48. The Kier molecular flexibility index (Phi) is 3.74. The number of methoxy groups -OCH3 is 1. The van der Waals surface area contributed by atoms with E-state index < -0.39 is 29.6 Å². The lowest BCUT2D eigenvalue weighted by Gasteiger charge is -2.30. The number of carbonyl (C=O) groups excluding carboxylic acids is 1. The molecule has 16 heavy (non-hydrogen) atoms. The molecule has 1 heterocycles. The average Bonchev–Trinajstić information content (AvgIpc) is 2.60. The number of amides is 1. The third kappa shape index (κ3) is 2.27. The summed E-state index contributed by atoms with van der Waals surface area (Å²) in [6.07, 6.45) is -4.73. The lowest BCUT2D eigenvalue weighted by Crippen LogP contribution is -2.50. The second-order valence-corrected chi connectivity index (χ2v) is 4.48. The molecule has 0 saturated carbocycles. The smallest absolute Gasteiger partial charge is 0.367 e. The third-order valence-corrected chi connectivity index (χ3v) is 2.98. The van der Waals surface area contributed by atoms with Crippen molar-refractivity contribution in [3.8, 4) is 0 Å². The fourth-order valence-corrected chi connectivity index (χ4v) is 1.87. The van der Waals surface area contributed by atoms with Crippen LogP contribution >= 0.6 is 11.6 Å². The van der Waals surface area contributed by atoms with Gasteiger partial charge in [0.2, 0.25) is 5.91 Å². The van der Waals surface area contributed by atoms with Crippen molar-refractivity contribution in [1.29, 1.82) is 0 Å². The molecular formula is C9H13ClF3NO2. The number of alkyl halides is 4. The van der Waals surface area contributed by atoms with Crippen molar-refractivity contribution < 1.29 is 22.7 Å². The van der Waals surface area contributed by atoms with E-state index in [1.165, 1.54) is 6.92 Å². The lowest BCUT2D eigenvalue weighted by atomic mass is 10.0. The molecule has 1 amide bonds. The minimum absolute atomic E-state index is 0.0171. The van der Waals surface area contributed by atoms with Gasteiger partial charge in [0.25, 0.3) is 0 Å². The molecule has 1 aliphatic rings. The Morgan fingerprint density at radius 2 is 2.12 bits per heavy atom. The molecular weight excluding hydrogens is 247 g/mol. The minimum Gasteiger partial charge on any atom is -0.367 e. The fourth-order valence-electron chi connectivity index (χ4n) is 1.74. The second-order valence-electron chi connectivity index (χ2n) is 3.82. The van der Waals surface area contributed by atoms with Gasteiger partial charge < -0.3 is 9.64 Å². The first-order chi connectivity index (χ1) is 7.23. The number of hydrogen-bond donors (Lipinski definition) is 0. The first-order valence-corrected chi connectivity index (χ1v) is 5.22. The Bertz CT molecular complexity index is 282. The molecule has 1 rings (SSSR count). The predicted molar refractivity (Wildman–Crippen MR) is 52.3 cm³/mol. The molecule has 1 aliphatic heterocycles. The van der Waals surface area contributed by atoms with Crippen LogP contribution in [0.4, 0.5) is 13.2 Å². The van der Waals surface area contributed by atoms with Gasteiger partial charge in [0.15, 0.2) is 5.60 Å². The zero-order valence-electron chi connectivity index (χ0n) is 8.97. The van der Waals surface area contributed by atoms with Crippen molar-refractivity contribution in [3.63, 3.8) is 0 Å². The summed E-state index contributed by atoms with van der Waals surface area (Å²) in [4.78, 5) is 12.5. The molecule has 94 valence electrons. The Hall–Kier alpha value is -0.490. The van der Waals surface area contributed by atoms with Crippen LogP contribution in [0.1, 0.15) is 13.3 Å². The van der Waals surface area contributed by atoms with Crippen molar-refractivity contribution >= 4 is 17.5 Å². The highest BCUT2D eigenvalue weighted by atomic mass is 35.5. The van der Waals surface area contributed by atoms with E-state index in [2.05, 4.69) is 4.74 Å². The molecule has 0 bridgehead atoms. The summed E-state index contributed by atoms with van der Waals surface area (Å²) in [5.41, 5.74) is -2.24. The van der Waals surface area contributed by atoms with E-state index >= 15 is 0 Å².